The monoisotopic (exact) mass is 313 g/mol. The van der Waals surface area contributed by atoms with Gasteiger partial charge in [0.15, 0.2) is 0 Å². The minimum Gasteiger partial charge on any atom is -0.494 e. The van der Waals surface area contributed by atoms with Gasteiger partial charge in [0.2, 0.25) is 5.91 Å². The Labute approximate surface area is 117 Å². The second kappa shape index (κ2) is 6.23. The van der Waals surface area contributed by atoms with Crippen molar-refractivity contribution in [3.8, 4) is 5.75 Å². The first-order valence-corrected chi connectivity index (χ1v) is 6.80. The van der Waals surface area contributed by atoms with Crippen molar-refractivity contribution in [2.45, 2.75) is 31.6 Å². The summed E-state index contributed by atoms with van der Waals surface area (Å²) in [5.41, 5.74) is 1.02. The van der Waals surface area contributed by atoms with Crippen molar-refractivity contribution < 1.29 is 9.53 Å². The molecule has 0 fully saturated rings. The van der Waals surface area contributed by atoms with Gasteiger partial charge in [0.25, 0.3) is 0 Å². The normalized spacial score (nSPS) is 11.2. The van der Waals surface area contributed by atoms with Gasteiger partial charge in [-0.15, -0.1) is 0 Å². The number of halogens is 1. The molecule has 0 saturated carbocycles. The molecule has 0 aliphatic rings. The van der Waals surface area contributed by atoms with Crippen LogP contribution >= 0.6 is 15.9 Å². The molecule has 0 aliphatic heterocycles. The first-order valence-electron chi connectivity index (χ1n) is 6.01. The summed E-state index contributed by atoms with van der Waals surface area (Å²) < 4.78 is 5.01. The first-order chi connectivity index (χ1) is 8.36. The second-order valence-electron chi connectivity index (χ2n) is 4.67. The molecule has 3 nitrogen and oxygen atoms in total. The maximum absolute atomic E-state index is 12.1. The molecule has 0 bridgehead atoms. The van der Waals surface area contributed by atoms with Crippen molar-refractivity contribution in [3.05, 3.63) is 29.8 Å². The largest absolute Gasteiger partial charge is 0.494 e. The van der Waals surface area contributed by atoms with E-state index < -0.39 is 4.32 Å². The molecule has 1 aromatic rings. The lowest BCUT2D eigenvalue weighted by atomic mass is 10.1. The van der Waals surface area contributed by atoms with E-state index in [2.05, 4.69) is 15.9 Å². The third-order valence-electron chi connectivity index (χ3n) is 2.54. The Morgan fingerprint density at radius 2 is 2.00 bits per heavy atom. The molecule has 0 saturated heterocycles. The number of hydrogen-bond acceptors (Lipinski definition) is 2. The van der Waals surface area contributed by atoms with Crippen molar-refractivity contribution in [1.29, 1.82) is 0 Å². The fourth-order valence-corrected chi connectivity index (χ4v) is 2.01. The summed E-state index contributed by atoms with van der Waals surface area (Å²) in [6.45, 7) is 6.82. The molecule has 0 heterocycles. The van der Waals surface area contributed by atoms with Crippen LogP contribution in [0.4, 0.5) is 0 Å². The zero-order valence-corrected chi connectivity index (χ0v) is 13.0. The molecule has 1 amide bonds. The quantitative estimate of drug-likeness (QED) is 0.781. The van der Waals surface area contributed by atoms with E-state index in [-0.39, 0.29) is 5.91 Å². The lowest BCUT2D eigenvalue weighted by Gasteiger charge is -2.25. The molecule has 1 rings (SSSR count). The van der Waals surface area contributed by atoms with E-state index in [1.807, 2.05) is 45.0 Å². The highest BCUT2D eigenvalue weighted by Crippen LogP contribution is 2.23. The zero-order chi connectivity index (χ0) is 13.8. The van der Waals surface area contributed by atoms with Gasteiger partial charge < -0.3 is 9.64 Å². The lowest BCUT2D eigenvalue weighted by Crippen LogP contribution is -2.38. The summed E-state index contributed by atoms with van der Waals surface area (Å²) in [4.78, 5) is 13.8. The minimum atomic E-state index is -0.539. The Hall–Kier alpha value is -1.03. The zero-order valence-electron chi connectivity index (χ0n) is 11.4. The Bertz CT molecular complexity index is 413. The van der Waals surface area contributed by atoms with Crippen LogP contribution in [0.3, 0.4) is 0 Å². The van der Waals surface area contributed by atoms with Gasteiger partial charge in [-0.1, -0.05) is 34.1 Å². The van der Waals surface area contributed by atoms with Crippen LogP contribution < -0.4 is 4.74 Å². The number of benzene rings is 1. The Balaban J connectivity index is 2.81. The molecule has 0 spiro atoms. The average Bonchev–Trinajstić information content (AvgIpc) is 2.29. The highest BCUT2D eigenvalue weighted by molar-refractivity contribution is 9.10. The highest BCUT2D eigenvalue weighted by atomic mass is 79.9. The number of rotatable bonds is 5. The number of para-hydroxylation sites is 1. The molecule has 100 valence electrons. The summed E-state index contributed by atoms with van der Waals surface area (Å²) in [6.07, 6.45) is 0. The van der Waals surface area contributed by atoms with Crippen molar-refractivity contribution in [2.24, 2.45) is 0 Å². The van der Waals surface area contributed by atoms with Crippen LogP contribution in [0, 0.1) is 0 Å². The van der Waals surface area contributed by atoms with Crippen LogP contribution in [-0.2, 0) is 11.3 Å². The fourth-order valence-electron chi connectivity index (χ4n) is 1.71. The standard InChI is InChI=1S/C14H20BrNO2/c1-5-18-12-9-7-6-8-11(12)10-16(4)13(17)14(2,3)15/h6-9H,5,10H2,1-4H3. The van der Waals surface area contributed by atoms with Crippen LogP contribution in [0.15, 0.2) is 24.3 Å². The molecule has 4 heteroatoms. The van der Waals surface area contributed by atoms with Crippen LogP contribution in [-0.4, -0.2) is 28.8 Å². The van der Waals surface area contributed by atoms with Crippen LogP contribution in [0.1, 0.15) is 26.3 Å². The molecular formula is C14H20BrNO2. The fraction of sp³-hybridized carbons (Fsp3) is 0.500. The first kappa shape index (κ1) is 15.0. The molecule has 0 radical (unpaired) electrons. The molecule has 0 N–H and O–H groups in total. The topological polar surface area (TPSA) is 29.5 Å². The van der Waals surface area contributed by atoms with Gasteiger partial charge in [0, 0.05) is 19.2 Å². The summed E-state index contributed by atoms with van der Waals surface area (Å²) in [5, 5.41) is 0. The van der Waals surface area contributed by atoms with Gasteiger partial charge in [-0.05, 0) is 26.8 Å². The summed E-state index contributed by atoms with van der Waals surface area (Å²) in [6, 6.07) is 7.80. The van der Waals surface area contributed by atoms with Gasteiger partial charge in [0.05, 0.1) is 10.9 Å². The maximum Gasteiger partial charge on any atom is 0.238 e. The molecule has 0 aliphatic carbocycles. The SMILES string of the molecule is CCOc1ccccc1CN(C)C(=O)C(C)(C)Br. The number of alkyl halides is 1. The molecule has 1 aromatic carbocycles. The predicted octanol–water partition coefficient (Wildman–Crippen LogP) is 3.22. The molecule has 0 atom stereocenters. The number of carbonyl (C=O) groups is 1. The number of ether oxygens (including phenoxy) is 1. The van der Waals surface area contributed by atoms with Crippen molar-refractivity contribution in [3.63, 3.8) is 0 Å². The summed E-state index contributed by atoms with van der Waals surface area (Å²) >= 11 is 3.38. The van der Waals surface area contributed by atoms with E-state index in [9.17, 15) is 4.79 Å². The molecule has 0 unspecified atom stereocenters. The molecule has 18 heavy (non-hydrogen) atoms. The third kappa shape index (κ3) is 4.02. The van der Waals surface area contributed by atoms with Crippen LogP contribution in [0.5, 0.6) is 5.75 Å². The minimum absolute atomic E-state index is 0.0498. The van der Waals surface area contributed by atoms with Crippen LogP contribution in [0.2, 0.25) is 0 Å². The highest BCUT2D eigenvalue weighted by Gasteiger charge is 2.27. The van der Waals surface area contributed by atoms with E-state index >= 15 is 0 Å². The summed E-state index contributed by atoms with van der Waals surface area (Å²) in [7, 11) is 1.80. The van der Waals surface area contributed by atoms with Crippen molar-refractivity contribution >= 4 is 21.8 Å². The Morgan fingerprint density at radius 1 is 1.39 bits per heavy atom. The number of amides is 1. The average molecular weight is 314 g/mol. The summed E-state index contributed by atoms with van der Waals surface area (Å²) in [5.74, 6) is 0.890. The van der Waals surface area contributed by atoms with Gasteiger partial charge >= 0.3 is 0 Å². The van der Waals surface area contributed by atoms with E-state index in [0.717, 1.165) is 11.3 Å². The molecule has 0 aromatic heterocycles. The predicted molar refractivity (Wildman–Crippen MR) is 77.1 cm³/mol. The Kier molecular flexibility index (Phi) is 5.20. The van der Waals surface area contributed by atoms with Gasteiger partial charge in [0.1, 0.15) is 5.75 Å². The van der Waals surface area contributed by atoms with Gasteiger partial charge in [-0.3, -0.25) is 4.79 Å². The maximum atomic E-state index is 12.1. The van der Waals surface area contributed by atoms with E-state index in [0.29, 0.717) is 13.2 Å². The van der Waals surface area contributed by atoms with E-state index in [4.69, 9.17) is 4.74 Å². The van der Waals surface area contributed by atoms with Crippen LogP contribution in [0.25, 0.3) is 0 Å². The number of nitrogens with zero attached hydrogens (tertiary/aromatic N) is 1. The lowest BCUT2D eigenvalue weighted by molar-refractivity contribution is -0.131. The molecular weight excluding hydrogens is 294 g/mol. The number of carbonyl (C=O) groups excluding carboxylic acids is 1. The van der Waals surface area contributed by atoms with Gasteiger partial charge in [-0.25, -0.2) is 0 Å². The van der Waals surface area contributed by atoms with E-state index in [1.54, 1.807) is 11.9 Å². The third-order valence-corrected chi connectivity index (χ3v) is 2.87. The van der Waals surface area contributed by atoms with Crippen molar-refractivity contribution in [2.75, 3.05) is 13.7 Å². The Morgan fingerprint density at radius 3 is 2.56 bits per heavy atom. The second-order valence-corrected chi connectivity index (χ2v) is 6.66. The van der Waals surface area contributed by atoms with E-state index in [1.165, 1.54) is 0 Å². The number of hydrogen-bond donors (Lipinski definition) is 0. The van der Waals surface area contributed by atoms with Gasteiger partial charge in [-0.2, -0.15) is 0 Å². The van der Waals surface area contributed by atoms with Crippen molar-refractivity contribution in [1.82, 2.24) is 4.90 Å². The smallest absolute Gasteiger partial charge is 0.238 e.